The van der Waals surface area contributed by atoms with E-state index in [-0.39, 0.29) is 24.1 Å². The van der Waals surface area contributed by atoms with Crippen molar-refractivity contribution in [3.05, 3.63) is 34.2 Å². The number of hydrogen-bond acceptors (Lipinski definition) is 4. The van der Waals surface area contributed by atoms with Gasteiger partial charge in [-0.1, -0.05) is 12.1 Å². The zero-order valence-corrected chi connectivity index (χ0v) is 14.9. The standard InChI is InChI=1S/C19H24N4O3/c1-22-17-13(11-5-7-12(20)8-6-11)3-2-4-14(17)23(19(22)26)15-9-10-16(24)21-18(15)25/h2-4,11-12,15H,5-10,20H2,1H3,(H,21,24,25). The summed E-state index contributed by atoms with van der Waals surface area (Å²) in [5.41, 5.74) is 8.63. The number of carbonyl (C=O) groups is 2. The number of aryl methyl sites for hydroxylation is 1. The smallest absolute Gasteiger partial charge is 0.328 e. The van der Waals surface area contributed by atoms with Gasteiger partial charge in [0.2, 0.25) is 11.8 Å². The van der Waals surface area contributed by atoms with Gasteiger partial charge in [0.25, 0.3) is 0 Å². The fraction of sp³-hybridized carbons (Fsp3) is 0.526. The fourth-order valence-corrected chi connectivity index (χ4v) is 4.46. The van der Waals surface area contributed by atoms with Crippen molar-refractivity contribution in [3.63, 3.8) is 0 Å². The second-order valence-corrected chi connectivity index (χ2v) is 7.51. The third kappa shape index (κ3) is 2.67. The third-order valence-corrected chi connectivity index (χ3v) is 5.87. The molecule has 26 heavy (non-hydrogen) atoms. The Morgan fingerprint density at radius 3 is 2.50 bits per heavy atom. The first-order chi connectivity index (χ1) is 12.5. The molecule has 2 aliphatic rings. The highest BCUT2D eigenvalue weighted by Crippen LogP contribution is 2.36. The number of imidazole rings is 1. The summed E-state index contributed by atoms with van der Waals surface area (Å²) in [4.78, 5) is 36.7. The van der Waals surface area contributed by atoms with Gasteiger partial charge in [0.1, 0.15) is 6.04 Å². The van der Waals surface area contributed by atoms with Crippen LogP contribution in [0.3, 0.4) is 0 Å². The maximum absolute atomic E-state index is 12.9. The first kappa shape index (κ1) is 17.0. The van der Waals surface area contributed by atoms with Gasteiger partial charge in [-0.25, -0.2) is 4.79 Å². The minimum absolute atomic E-state index is 0.213. The van der Waals surface area contributed by atoms with Crippen LogP contribution in [0.2, 0.25) is 0 Å². The van der Waals surface area contributed by atoms with E-state index >= 15 is 0 Å². The maximum Gasteiger partial charge on any atom is 0.329 e. The van der Waals surface area contributed by atoms with E-state index < -0.39 is 11.9 Å². The van der Waals surface area contributed by atoms with Crippen molar-refractivity contribution in [2.75, 3.05) is 0 Å². The molecular formula is C19H24N4O3. The Bertz CT molecular complexity index is 934. The number of fused-ring (bicyclic) bond motifs is 1. The molecule has 2 aromatic rings. The second kappa shape index (κ2) is 6.39. The zero-order valence-electron chi connectivity index (χ0n) is 14.9. The van der Waals surface area contributed by atoms with Gasteiger partial charge in [-0.2, -0.15) is 0 Å². The van der Waals surface area contributed by atoms with Crippen molar-refractivity contribution in [2.45, 2.75) is 56.5 Å². The van der Waals surface area contributed by atoms with Gasteiger partial charge in [-0.3, -0.25) is 24.0 Å². The molecule has 1 aromatic carbocycles. The lowest BCUT2D eigenvalue weighted by atomic mass is 9.81. The largest absolute Gasteiger partial charge is 0.329 e. The Kier molecular flexibility index (Phi) is 4.19. The molecule has 3 N–H and O–H groups in total. The number of aromatic nitrogens is 2. The van der Waals surface area contributed by atoms with Crippen molar-refractivity contribution in [1.82, 2.24) is 14.5 Å². The van der Waals surface area contributed by atoms with E-state index in [4.69, 9.17) is 5.73 Å². The Morgan fingerprint density at radius 1 is 1.08 bits per heavy atom. The molecule has 1 atom stereocenters. The number of imide groups is 1. The normalized spacial score (nSPS) is 26.9. The molecule has 7 heteroatoms. The van der Waals surface area contributed by atoms with Crippen LogP contribution in [0.1, 0.15) is 56.0 Å². The molecule has 0 bridgehead atoms. The average molecular weight is 356 g/mol. The van der Waals surface area contributed by atoms with Gasteiger partial charge in [-0.15, -0.1) is 0 Å². The monoisotopic (exact) mass is 356 g/mol. The first-order valence-electron chi connectivity index (χ1n) is 9.26. The minimum Gasteiger partial charge on any atom is -0.328 e. The van der Waals surface area contributed by atoms with E-state index in [0.29, 0.717) is 12.3 Å². The minimum atomic E-state index is -0.640. The first-order valence-corrected chi connectivity index (χ1v) is 9.26. The quantitative estimate of drug-likeness (QED) is 0.792. The van der Waals surface area contributed by atoms with E-state index in [1.807, 2.05) is 12.1 Å². The van der Waals surface area contributed by atoms with Gasteiger partial charge in [0.15, 0.2) is 0 Å². The van der Waals surface area contributed by atoms with Crippen LogP contribution >= 0.6 is 0 Å². The van der Waals surface area contributed by atoms with Crippen LogP contribution in [-0.4, -0.2) is 27.0 Å². The predicted octanol–water partition coefficient (Wildman–Crippen LogP) is 1.30. The average Bonchev–Trinajstić information content (AvgIpc) is 2.87. The van der Waals surface area contributed by atoms with Crippen LogP contribution in [0.5, 0.6) is 0 Å². The highest BCUT2D eigenvalue weighted by molar-refractivity contribution is 6.00. The number of carbonyl (C=O) groups excluding carboxylic acids is 2. The molecular weight excluding hydrogens is 332 g/mol. The molecule has 2 amide bonds. The molecule has 4 rings (SSSR count). The lowest BCUT2D eigenvalue weighted by Gasteiger charge is -2.27. The zero-order chi connectivity index (χ0) is 18.4. The number of nitrogens with zero attached hydrogens (tertiary/aromatic N) is 2. The molecule has 1 saturated carbocycles. The molecule has 0 spiro atoms. The molecule has 1 aromatic heterocycles. The molecule has 2 fully saturated rings. The Hall–Kier alpha value is -2.41. The Morgan fingerprint density at radius 2 is 1.81 bits per heavy atom. The van der Waals surface area contributed by atoms with Crippen molar-refractivity contribution >= 4 is 22.8 Å². The van der Waals surface area contributed by atoms with E-state index in [1.54, 1.807) is 16.2 Å². The van der Waals surface area contributed by atoms with Crippen LogP contribution in [0.25, 0.3) is 11.0 Å². The molecule has 138 valence electrons. The maximum atomic E-state index is 12.9. The second-order valence-electron chi connectivity index (χ2n) is 7.51. The van der Waals surface area contributed by atoms with Gasteiger partial charge in [-0.05, 0) is 49.7 Å². The summed E-state index contributed by atoms with van der Waals surface area (Å²) in [5.74, 6) is -0.301. The lowest BCUT2D eigenvalue weighted by Crippen LogP contribution is -2.44. The van der Waals surface area contributed by atoms with Gasteiger partial charge in [0.05, 0.1) is 11.0 Å². The van der Waals surface area contributed by atoms with Gasteiger partial charge >= 0.3 is 5.69 Å². The van der Waals surface area contributed by atoms with Crippen LogP contribution < -0.4 is 16.7 Å². The van der Waals surface area contributed by atoms with Crippen molar-refractivity contribution in [3.8, 4) is 0 Å². The number of amides is 2. The molecule has 1 saturated heterocycles. The molecule has 2 heterocycles. The Balaban J connectivity index is 1.83. The summed E-state index contributed by atoms with van der Waals surface area (Å²) in [5, 5.41) is 2.35. The number of nitrogens with one attached hydrogen (secondary N) is 1. The van der Waals surface area contributed by atoms with E-state index in [1.165, 1.54) is 0 Å². The molecule has 7 nitrogen and oxygen atoms in total. The number of piperidine rings is 1. The predicted molar refractivity (Wildman–Crippen MR) is 97.8 cm³/mol. The molecule has 1 aliphatic carbocycles. The van der Waals surface area contributed by atoms with Crippen LogP contribution in [0.4, 0.5) is 0 Å². The number of benzene rings is 1. The van der Waals surface area contributed by atoms with Crippen LogP contribution in [0.15, 0.2) is 23.0 Å². The van der Waals surface area contributed by atoms with E-state index in [0.717, 1.165) is 42.3 Å². The van der Waals surface area contributed by atoms with Gasteiger partial charge < -0.3 is 5.73 Å². The van der Waals surface area contributed by atoms with E-state index in [2.05, 4.69) is 11.4 Å². The van der Waals surface area contributed by atoms with Crippen molar-refractivity contribution < 1.29 is 9.59 Å². The summed E-state index contributed by atoms with van der Waals surface area (Å²) in [6.07, 6.45) is 4.60. The Labute approximate surface area is 151 Å². The fourth-order valence-electron chi connectivity index (χ4n) is 4.46. The van der Waals surface area contributed by atoms with Gasteiger partial charge in [0, 0.05) is 19.5 Å². The molecule has 1 aliphatic heterocycles. The number of hydrogen-bond donors (Lipinski definition) is 2. The lowest BCUT2D eigenvalue weighted by molar-refractivity contribution is -0.135. The summed E-state index contributed by atoms with van der Waals surface area (Å²) in [7, 11) is 1.76. The van der Waals surface area contributed by atoms with Crippen molar-refractivity contribution in [1.29, 1.82) is 0 Å². The molecule has 0 radical (unpaired) electrons. The third-order valence-electron chi connectivity index (χ3n) is 5.87. The summed E-state index contributed by atoms with van der Waals surface area (Å²) in [6.45, 7) is 0. The van der Waals surface area contributed by atoms with E-state index in [9.17, 15) is 14.4 Å². The topological polar surface area (TPSA) is 99.1 Å². The number of rotatable bonds is 2. The highest BCUT2D eigenvalue weighted by atomic mass is 16.2. The van der Waals surface area contributed by atoms with Crippen molar-refractivity contribution in [2.24, 2.45) is 12.8 Å². The number of nitrogens with two attached hydrogens (primary N) is 1. The highest BCUT2D eigenvalue weighted by Gasteiger charge is 2.32. The number of para-hydroxylation sites is 1. The summed E-state index contributed by atoms with van der Waals surface area (Å²) in [6, 6.07) is 5.55. The summed E-state index contributed by atoms with van der Waals surface area (Å²) < 4.78 is 3.19. The molecule has 1 unspecified atom stereocenters. The summed E-state index contributed by atoms with van der Waals surface area (Å²) >= 11 is 0. The van der Waals surface area contributed by atoms with Crippen LogP contribution in [0, 0.1) is 0 Å². The van der Waals surface area contributed by atoms with Crippen LogP contribution in [-0.2, 0) is 16.6 Å². The SMILES string of the molecule is Cn1c(=O)n(C2CCC(=O)NC2=O)c2cccc(C3CCC(N)CC3)c21.